The van der Waals surface area contributed by atoms with E-state index in [0.29, 0.717) is 16.7 Å². The summed E-state index contributed by atoms with van der Waals surface area (Å²) >= 11 is 0. The molecule has 3 aromatic carbocycles. The Hall–Kier alpha value is -3.27. The van der Waals surface area contributed by atoms with E-state index in [4.69, 9.17) is 0 Å². The summed E-state index contributed by atoms with van der Waals surface area (Å²) in [6.45, 7) is 8.42. The smallest absolute Gasteiger partial charge is 0.337 e. The molecule has 0 bridgehead atoms. The maximum atomic E-state index is 12.7. The number of hydrogen-bond donors (Lipinski definition) is 0. The zero-order valence-corrected chi connectivity index (χ0v) is 18.1. The third kappa shape index (κ3) is 4.04. The first kappa shape index (κ1) is 21.4. The molecular weight excluding hydrogens is 376 g/mol. The van der Waals surface area contributed by atoms with E-state index in [2.05, 4.69) is 32.4 Å². The standard InChI is InChI=1S/C26H26O4/c1-15-16(2)18(4)23-14-21(10-11-22(23)17(15)3)25(28)13-12-24(27)19-6-8-20(9-7-19)26(29)30-5/h6-11,14H,12-13H2,1-5H3. The van der Waals surface area contributed by atoms with Crippen LogP contribution in [0.4, 0.5) is 0 Å². The van der Waals surface area contributed by atoms with Crippen molar-refractivity contribution in [2.75, 3.05) is 7.11 Å². The highest BCUT2D eigenvalue weighted by atomic mass is 16.5. The minimum absolute atomic E-state index is 0.0493. The second-order valence-corrected chi connectivity index (χ2v) is 7.68. The quantitative estimate of drug-likeness (QED) is 0.392. The van der Waals surface area contributed by atoms with Crippen molar-refractivity contribution in [2.24, 2.45) is 0 Å². The summed E-state index contributed by atoms with van der Waals surface area (Å²) in [5.41, 5.74) is 6.44. The molecule has 0 N–H and O–H groups in total. The summed E-state index contributed by atoms with van der Waals surface area (Å²) < 4.78 is 4.66. The van der Waals surface area contributed by atoms with Gasteiger partial charge in [0.1, 0.15) is 0 Å². The van der Waals surface area contributed by atoms with Crippen LogP contribution in [-0.2, 0) is 4.74 Å². The largest absolute Gasteiger partial charge is 0.465 e. The number of ether oxygens (including phenoxy) is 1. The van der Waals surface area contributed by atoms with Crippen LogP contribution in [0.15, 0.2) is 42.5 Å². The van der Waals surface area contributed by atoms with Crippen LogP contribution < -0.4 is 0 Å². The predicted molar refractivity (Wildman–Crippen MR) is 119 cm³/mol. The van der Waals surface area contributed by atoms with Crippen molar-refractivity contribution in [2.45, 2.75) is 40.5 Å². The molecule has 0 aliphatic heterocycles. The first-order chi connectivity index (χ1) is 14.2. The van der Waals surface area contributed by atoms with Crippen LogP contribution in [0.3, 0.4) is 0 Å². The number of benzene rings is 3. The van der Waals surface area contributed by atoms with E-state index >= 15 is 0 Å². The van der Waals surface area contributed by atoms with Gasteiger partial charge in [0.2, 0.25) is 0 Å². The van der Waals surface area contributed by atoms with E-state index in [1.54, 1.807) is 24.3 Å². The number of fused-ring (bicyclic) bond motifs is 1. The Labute approximate surface area is 176 Å². The van der Waals surface area contributed by atoms with Gasteiger partial charge in [-0.1, -0.05) is 24.3 Å². The highest BCUT2D eigenvalue weighted by Crippen LogP contribution is 2.30. The molecule has 0 atom stereocenters. The van der Waals surface area contributed by atoms with Crippen molar-refractivity contribution >= 4 is 28.3 Å². The zero-order chi connectivity index (χ0) is 22.0. The molecule has 0 spiro atoms. The molecule has 0 amide bonds. The molecule has 4 nitrogen and oxygen atoms in total. The van der Waals surface area contributed by atoms with Gasteiger partial charge >= 0.3 is 5.97 Å². The zero-order valence-electron chi connectivity index (χ0n) is 18.1. The van der Waals surface area contributed by atoms with Crippen LogP contribution in [0, 0.1) is 27.7 Å². The summed E-state index contributed by atoms with van der Waals surface area (Å²) in [5.74, 6) is -0.623. The predicted octanol–water partition coefficient (Wildman–Crippen LogP) is 5.71. The summed E-state index contributed by atoms with van der Waals surface area (Å²) in [6.07, 6.45) is 0.269. The van der Waals surface area contributed by atoms with Gasteiger partial charge in [-0.3, -0.25) is 9.59 Å². The van der Waals surface area contributed by atoms with Crippen LogP contribution in [0.1, 0.15) is 66.2 Å². The molecule has 0 unspecified atom stereocenters. The monoisotopic (exact) mass is 402 g/mol. The molecular formula is C26H26O4. The molecule has 0 aromatic heterocycles. The van der Waals surface area contributed by atoms with Crippen molar-refractivity contribution in [3.8, 4) is 0 Å². The first-order valence-electron chi connectivity index (χ1n) is 9.99. The normalized spacial score (nSPS) is 10.8. The molecule has 0 fully saturated rings. The van der Waals surface area contributed by atoms with Gasteiger partial charge in [0, 0.05) is 24.0 Å². The van der Waals surface area contributed by atoms with Crippen molar-refractivity contribution in [3.63, 3.8) is 0 Å². The van der Waals surface area contributed by atoms with E-state index in [1.807, 2.05) is 18.2 Å². The third-order valence-electron chi connectivity index (χ3n) is 6.04. The second-order valence-electron chi connectivity index (χ2n) is 7.68. The lowest BCUT2D eigenvalue weighted by Gasteiger charge is -2.15. The Morgan fingerprint density at radius 1 is 0.633 bits per heavy atom. The molecule has 0 saturated carbocycles. The molecule has 30 heavy (non-hydrogen) atoms. The topological polar surface area (TPSA) is 60.4 Å². The van der Waals surface area contributed by atoms with Gasteiger partial charge in [-0.25, -0.2) is 4.79 Å². The maximum absolute atomic E-state index is 12.7. The Balaban J connectivity index is 1.75. The van der Waals surface area contributed by atoms with E-state index in [9.17, 15) is 14.4 Å². The third-order valence-corrected chi connectivity index (χ3v) is 6.04. The summed E-state index contributed by atoms with van der Waals surface area (Å²) in [4.78, 5) is 36.7. The fourth-order valence-electron chi connectivity index (χ4n) is 3.75. The fourth-order valence-corrected chi connectivity index (χ4v) is 3.75. The highest BCUT2D eigenvalue weighted by Gasteiger charge is 2.15. The average molecular weight is 402 g/mol. The van der Waals surface area contributed by atoms with Crippen LogP contribution in [-0.4, -0.2) is 24.6 Å². The van der Waals surface area contributed by atoms with Crippen molar-refractivity contribution in [1.29, 1.82) is 0 Å². The van der Waals surface area contributed by atoms with Gasteiger partial charge in [-0.2, -0.15) is 0 Å². The number of Topliss-reactive ketones (excluding diaryl/α,β-unsaturated/α-hetero) is 2. The van der Waals surface area contributed by atoms with Gasteiger partial charge in [-0.05, 0) is 78.9 Å². The Bertz CT molecular complexity index is 1150. The average Bonchev–Trinajstić information content (AvgIpc) is 2.78. The molecule has 3 aromatic rings. The number of methoxy groups -OCH3 is 1. The summed E-state index contributed by atoms with van der Waals surface area (Å²) in [7, 11) is 1.31. The van der Waals surface area contributed by atoms with Crippen molar-refractivity contribution in [1.82, 2.24) is 0 Å². The molecule has 0 aliphatic rings. The summed E-state index contributed by atoms with van der Waals surface area (Å²) in [6, 6.07) is 12.1. The fraction of sp³-hybridized carbons (Fsp3) is 0.269. The number of rotatable bonds is 6. The van der Waals surface area contributed by atoms with Crippen molar-refractivity contribution in [3.05, 3.63) is 81.4 Å². The number of aryl methyl sites for hydroxylation is 2. The van der Waals surface area contributed by atoms with Gasteiger partial charge < -0.3 is 4.74 Å². The molecule has 0 heterocycles. The molecule has 3 rings (SSSR count). The molecule has 154 valence electrons. The van der Waals surface area contributed by atoms with E-state index < -0.39 is 5.97 Å². The maximum Gasteiger partial charge on any atom is 0.337 e. The SMILES string of the molecule is COC(=O)c1ccc(C(=O)CCC(=O)c2ccc3c(C)c(C)c(C)c(C)c3c2)cc1. The van der Waals surface area contributed by atoms with Crippen molar-refractivity contribution < 1.29 is 19.1 Å². The molecule has 0 aliphatic carbocycles. The van der Waals surface area contributed by atoms with E-state index in [0.717, 1.165) is 10.8 Å². The van der Waals surface area contributed by atoms with E-state index in [-0.39, 0.29) is 24.4 Å². The van der Waals surface area contributed by atoms with Crippen LogP contribution >= 0.6 is 0 Å². The molecule has 0 saturated heterocycles. The van der Waals surface area contributed by atoms with Gasteiger partial charge in [0.05, 0.1) is 12.7 Å². The number of ketones is 2. The summed E-state index contributed by atoms with van der Waals surface area (Å²) in [5, 5.41) is 2.25. The number of carbonyl (C=O) groups is 3. The molecule has 4 heteroatoms. The minimum atomic E-state index is -0.448. The van der Waals surface area contributed by atoms with Crippen LogP contribution in [0.2, 0.25) is 0 Å². The number of esters is 1. The van der Waals surface area contributed by atoms with Gasteiger partial charge in [-0.15, -0.1) is 0 Å². The lowest BCUT2D eigenvalue weighted by molar-refractivity contribution is 0.0600. The number of hydrogen-bond acceptors (Lipinski definition) is 4. The second kappa shape index (κ2) is 8.62. The molecule has 0 radical (unpaired) electrons. The van der Waals surface area contributed by atoms with E-state index in [1.165, 1.54) is 29.4 Å². The number of carbonyl (C=O) groups excluding carboxylic acids is 3. The lowest BCUT2D eigenvalue weighted by Crippen LogP contribution is -2.07. The van der Waals surface area contributed by atoms with Crippen LogP contribution in [0.25, 0.3) is 10.8 Å². The lowest BCUT2D eigenvalue weighted by atomic mass is 9.90. The Morgan fingerprint density at radius 2 is 1.10 bits per heavy atom. The highest BCUT2D eigenvalue weighted by molar-refractivity contribution is 6.05. The van der Waals surface area contributed by atoms with Gasteiger partial charge in [0.15, 0.2) is 11.6 Å². The first-order valence-corrected chi connectivity index (χ1v) is 9.99. The Kier molecular flexibility index (Phi) is 6.16. The minimum Gasteiger partial charge on any atom is -0.465 e. The van der Waals surface area contributed by atoms with Crippen LogP contribution in [0.5, 0.6) is 0 Å². The van der Waals surface area contributed by atoms with Gasteiger partial charge in [0.25, 0.3) is 0 Å². The Morgan fingerprint density at radius 3 is 1.67 bits per heavy atom.